The van der Waals surface area contributed by atoms with Crippen LogP contribution in [0.5, 0.6) is 5.75 Å². The number of carbonyl (C=O) groups excluding carboxylic acids is 1. The first-order valence-electron chi connectivity index (χ1n) is 8.81. The first kappa shape index (κ1) is 16.3. The Morgan fingerprint density at radius 1 is 1.30 bits per heavy atom. The molecule has 1 heterocycles. The van der Waals surface area contributed by atoms with Gasteiger partial charge in [0.25, 0.3) is 0 Å². The molecule has 1 N–H and O–H groups in total. The third-order valence-corrected chi connectivity index (χ3v) is 5.10. The van der Waals surface area contributed by atoms with Gasteiger partial charge in [-0.3, -0.25) is 4.79 Å². The van der Waals surface area contributed by atoms with Crippen LogP contribution in [0.15, 0.2) is 24.3 Å². The second-order valence-corrected chi connectivity index (χ2v) is 6.89. The smallest absolute Gasteiger partial charge is 0.223 e. The Labute approximate surface area is 138 Å². The maximum atomic E-state index is 12.7. The van der Waals surface area contributed by atoms with Crippen LogP contribution in [0.1, 0.15) is 44.1 Å². The van der Waals surface area contributed by atoms with Crippen molar-refractivity contribution in [1.29, 1.82) is 0 Å². The Morgan fingerprint density at radius 3 is 2.70 bits per heavy atom. The average Bonchev–Trinajstić information content (AvgIpc) is 3.29. The molecule has 3 rings (SSSR count). The molecule has 1 aliphatic heterocycles. The highest BCUT2D eigenvalue weighted by Gasteiger charge is 2.36. The molecule has 1 aliphatic carbocycles. The number of aromatic hydroxyl groups is 1. The number of phenols is 1. The van der Waals surface area contributed by atoms with E-state index < -0.39 is 0 Å². The van der Waals surface area contributed by atoms with E-state index in [0.717, 1.165) is 32.7 Å². The first-order valence-corrected chi connectivity index (χ1v) is 8.81. The van der Waals surface area contributed by atoms with Crippen molar-refractivity contribution in [2.24, 2.45) is 11.8 Å². The van der Waals surface area contributed by atoms with Crippen LogP contribution in [0.4, 0.5) is 0 Å². The third kappa shape index (κ3) is 4.25. The minimum absolute atomic E-state index is 0.272. The predicted molar refractivity (Wildman–Crippen MR) is 89.4 cm³/mol. The van der Waals surface area contributed by atoms with Crippen LogP contribution in [0, 0.1) is 11.8 Å². The van der Waals surface area contributed by atoms with E-state index in [2.05, 4.69) is 0 Å². The van der Waals surface area contributed by atoms with Gasteiger partial charge in [-0.15, -0.1) is 0 Å². The minimum Gasteiger partial charge on any atom is -0.508 e. The standard InChI is InChI=1S/C19H27NO3/c1-2-23-13-14-9-10-20(12-14)19(22)11-18(15-3-4-15)16-5-7-17(21)8-6-16/h5-8,14-15,18,21H,2-4,9-13H2,1H3/t14-,18-/m0/s1. The fraction of sp³-hybridized carbons (Fsp3) is 0.632. The van der Waals surface area contributed by atoms with Crippen molar-refractivity contribution in [2.75, 3.05) is 26.3 Å². The summed E-state index contributed by atoms with van der Waals surface area (Å²) in [5, 5.41) is 9.46. The molecule has 1 aromatic carbocycles. The van der Waals surface area contributed by atoms with E-state index in [1.54, 1.807) is 12.1 Å². The van der Waals surface area contributed by atoms with Crippen molar-refractivity contribution in [3.8, 4) is 5.75 Å². The molecule has 23 heavy (non-hydrogen) atoms. The van der Waals surface area contributed by atoms with Crippen LogP contribution < -0.4 is 0 Å². The molecule has 0 aromatic heterocycles. The van der Waals surface area contributed by atoms with E-state index in [0.29, 0.717) is 24.2 Å². The Bertz CT molecular complexity index is 524. The highest BCUT2D eigenvalue weighted by molar-refractivity contribution is 5.77. The van der Waals surface area contributed by atoms with Gasteiger partial charge in [-0.05, 0) is 55.7 Å². The highest BCUT2D eigenvalue weighted by Crippen LogP contribution is 2.45. The summed E-state index contributed by atoms with van der Waals surface area (Å²) in [6.07, 6.45) is 4.08. The number of ether oxygens (including phenoxy) is 1. The summed E-state index contributed by atoms with van der Waals surface area (Å²) >= 11 is 0. The van der Waals surface area contributed by atoms with E-state index >= 15 is 0 Å². The number of hydrogen-bond donors (Lipinski definition) is 1. The number of phenolic OH excluding ortho intramolecular Hbond substituents is 1. The molecule has 2 aliphatic rings. The van der Waals surface area contributed by atoms with Crippen molar-refractivity contribution in [1.82, 2.24) is 4.90 Å². The lowest BCUT2D eigenvalue weighted by atomic mass is 9.90. The maximum absolute atomic E-state index is 12.7. The molecule has 2 atom stereocenters. The summed E-state index contributed by atoms with van der Waals surface area (Å²) in [4.78, 5) is 14.7. The van der Waals surface area contributed by atoms with Crippen molar-refractivity contribution in [2.45, 2.75) is 38.5 Å². The largest absolute Gasteiger partial charge is 0.508 e. The van der Waals surface area contributed by atoms with Gasteiger partial charge in [0.2, 0.25) is 5.91 Å². The van der Waals surface area contributed by atoms with E-state index in [-0.39, 0.29) is 11.7 Å². The number of carbonyl (C=O) groups is 1. The molecule has 0 unspecified atom stereocenters. The molecule has 1 saturated carbocycles. The molecule has 126 valence electrons. The normalized spacial score (nSPS) is 22.3. The molecule has 1 amide bonds. The summed E-state index contributed by atoms with van der Waals surface area (Å²) in [6.45, 7) is 5.23. The summed E-state index contributed by atoms with van der Waals surface area (Å²) < 4.78 is 5.49. The number of hydrogen-bond acceptors (Lipinski definition) is 3. The molecule has 4 nitrogen and oxygen atoms in total. The Morgan fingerprint density at radius 2 is 2.04 bits per heavy atom. The zero-order valence-corrected chi connectivity index (χ0v) is 13.9. The van der Waals surface area contributed by atoms with Crippen LogP contribution in [0.3, 0.4) is 0 Å². The topological polar surface area (TPSA) is 49.8 Å². The summed E-state index contributed by atoms with van der Waals surface area (Å²) in [6, 6.07) is 7.38. The molecule has 0 radical (unpaired) electrons. The van der Waals surface area contributed by atoms with E-state index in [1.807, 2.05) is 24.0 Å². The second-order valence-electron chi connectivity index (χ2n) is 6.89. The van der Waals surface area contributed by atoms with Crippen molar-refractivity contribution >= 4 is 5.91 Å². The van der Waals surface area contributed by atoms with Crippen LogP contribution in [-0.4, -0.2) is 42.2 Å². The van der Waals surface area contributed by atoms with Gasteiger partial charge in [0.05, 0.1) is 6.61 Å². The fourth-order valence-electron chi connectivity index (χ4n) is 3.57. The lowest BCUT2D eigenvalue weighted by Crippen LogP contribution is -2.30. The van der Waals surface area contributed by atoms with E-state index in [1.165, 1.54) is 18.4 Å². The van der Waals surface area contributed by atoms with Crippen LogP contribution in [-0.2, 0) is 9.53 Å². The summed E-state index contributed by atoms with van der Waals surface area (Å²) in [7, 11) is 0. The number of likely N-dealkylation sites (tertiary alicyclic amines) is 1. The average molecular weight is 317 g/mol. The van der Waals surface area contributed by atoms with Crippen molar-refractivity contribution in [3.05, 3.63) is 29.8 Å². The van der Waals surface area contributed by atoms with Gasteiger partial charge in [0.15, 0.2) is 0 Å². The lowest BCUT2D eigenvalue weighted by molar-refractivity contribution is -0.130. The van der Waals surface area contributed by atoms with Crippen molar-refractivity contribution < 1.29 is 14.6 Å². The number of rotatable bonds is 7. The van der Waals surface area contributed by atoms with Gasteiger partial charge in [0.1, 0.15) is 5.75 Å². The van der Waals surface area contributed by atoms with Gasteiger partial charge >= 0.3 is 0 Å². The first-order chi connectivity index (χ1) is 11.2. The number of amides is 1. The SMILES string of the molecule is CCOC[C@H]1CCN(C(=O)C[C@H](c2ccc(O)cc2)C2CC2)C1. The molecular formula is C19H27NO3. The second kappa shape index (κ2) is 7.35. The van der Waals surface area contributed by atoms with Gasteiger partial charge in [-0.25, -0.2) is 0 Å². The molecule has 1 aromatic rings. The van der Waals surface area contributed by atoms with Crippen LogP contribution >= 0.6 is 0 Å². The molecule has 0 bridgehead atoms. The molecule has 0 spiro atoms. The zero-order valence-electron chi connectivity index (χ0n) is 13.9. The van der Waals surface area contributed by atoms with Crippen LogP contribution in [0.25, 0.3) is 0 Å². The number of nitrogens with zero attached hydrogens (tertiary/aromatic N) is 1. The monoisotopic (exact) mass is 317 g/mol. The number of benzene rings is 1. The van der Waals surface area contributed by atoms with Gasteiger partial charge in [-0.2, -0.15) is 0 Å². The lowest BCUT2D eigenvalue weighted by Gasteiger charge is -2.22. The van der Waals surface area contributed by atoms with Crippen LogP contribution in [0.2, 0.25) is 0 Å². The predicted octanol–water partition coefficient (Wildman–Crippen LogP) is 3.16. The zero-order chi connectivity index (χ0) is 16.2. The highest BCUT2D eigenvalue weighted by atomic mass is 16.5. The maximum Gasteiger partial charge on any atom is 0.223 e. The quantitative estimate of drug-likeness (QED) is 0.840. The molecule has 2 fully saturated rings. The Kier molecular flexibility index (Phi) is 5.21. The van der Waals surface area contributed by atoms with E-state index in [4.69, 9.17) is 4.74 Å². The van der Waals surface area contributed by atoms with E-state index in [9.17, 15) is 9.90 Å². The molecule has 1 saturated heterocycles. The Balaban J connectivity index is 1.58. The summed E-state index contributed by atoms with van der Waals surface area (Å²) in [5.74, 6) is 1.98. The third-order valence-electron chi connectivity index (χ3n) is 5.10. The van der Waals surface area contributed by atoms with Gasteiger partial charge in [0, 0.05) is 32.0 Å². The van der Waals surface area contributed by atoms with Gasteiger partial charge in [-0.1, -0.05) is 12.1 Å². The Hall–Kier alpha value is -1.55. The fourth-order valence-corrected chi connectivity index (χ4v) is 3.57. The molecule has 4 heteroatoms. The van der Waals surface area contributed by atoms with Gasteiger partial charge < -0.3 is 14.7 Å². The summed E-state index contributed by atoms with van der Waals surface area (Å²) in [5.41, 5.74) is 1.18. The minimum atomic E-state index is 0.272. The van der Waals surface area contributed by atoms with Crippen molar-refractivity contribution in [3.63, 3.8) is 0 Å². The molecular weight excluding hydrogens is 290 g/mol.